The zero-order valence-corrected chi connectivity index (χ0v) is 17.4. The van der Waals surface area contributed by atoms with Gasteiger partial charge in [0.2, 0.25) is 0 Å². The summed E-state index contributed by atoms with van der Waals surface area (Å²) in [5, 5.41) is 18.1. The van der Waals surface area contributed by atoms with Crippen LogP contribution < -0.4 is 10.6 Å². The molecule has 2 aromatic rings. The van der Waals surface area contributed by atoms with Crippen molar-refractivity contribution in [2.45, 2.75) is 45.1 Å². The van der Waals surface area contributed by atoms with Gasteiger partial charge in [0, 0.05) is 30.2 Å². The molecular formula is C19H29IN4O. The van der Waals surface area contributed by atoms with E-state index in [1.54, 1.807) is 0 Å². The number of aliphatic imine (C=N–C) groups is 1. The van der Waals surface area contributed by atoms with Gasteiger partial charge in [-0.3, -0.25) is 4.99 Å². The number of H-pyrrole nitrogens is 1. The molecule has 0 radical (unpaired) electrons. The van der Waals surface area contributed by atoms with Crippen LogP contribution in [0.15, 0.2) is 29.4 Å². The van der Waals surface area contributed by atoms with E-state index in [9.17, 15) is 5.11 Å². The predicted molar refractivity (Wildman–Crippen MR) is 115 cm³/mol. The van der Waals surface area contributed by atoms with E-state index in [0.717, 1.165) is 44.7 Å². The summed E-state index contributed by atoms with van der Waals surface area (Å²) in [6.07, 6.45) is 5.86. The molecule has 6 heteroatoms. The molecule has 1 aliphatic carbocycles. The van der Waals surface area contributed by atoms with Crippen molar-refractivity contribution in [1.82, 2.24) is 15.6 Å². The second-order valence-electron chi connectivity index (χ2n) is 6.76. The number of nitrogens with one attached hydrogen (secondary N) is 3. The lowest BCUT2D eigenvalue weighted by Gasteiger charge is -2.35. The monoisotopic (exact) mass is 456 g/mol. The Bertz CT molecular complexity index is 721. The van der Waals surface area contributed by atoms with Crippen LogP contribution in [-0.4, -0.2) is 41.3 Å². The summed E-state index contributed by atoms with van der Waals surface area (Å²) in [7, 11) is 0. The molecule has 1 aliphatic rings. The molecule has 25 heavy (non-hydrogen) atoms. The Morgan fingerprint density at radius 3 is 2.80 bits per heavy atom. The number of benzene rings is 1. The standard InChI is InChI=1S/C19H28N4O.HI/c1-3-20-18(23-13-19(24)9-5-10-19)21-11-8-15-12-22-17-14(2)6-4-7-16(15)17;/h4,6-7,12,22,24H,3,5,8-11,13H2,1-2H3,(H2,20,21,23);1H. The van der Waals surface area contributed by atoms with Crippen LogP contribution in [0.25, 0.3) is 10.9 Å². The SMILES string of the molecule is CCNC(=NCC1(O)CCC1)NCCc1c[nH]c2c(C)cccc12.I. The van der Waals surface area contributed by atoms with Crippen LogP contribution in [0.1, 0.15) is 37.3 Å². The van der Waals surface area contributed by atoms with Crippen molar-refractivity contribution < 1.29 is 5.11 Å². The third-order valence-electron chi connectivity index (χ3n) is 4.86. The maximum atomic E-state index is 10.2. The highest BCUT2D eigenvalue weighted by molar-refractivity contribution is 14.0. The number of aromatic nitrogens is 1. The molecule has 0 atom stereocenters. The highest BCUT2D eigenvalue weighted by Crippen LogP contribution is 2.31. The number of rotatable bonds is 6. The first-order valence-corrected chi connectivity index (χ1v) is 8.91. The molecular weight excluding hydrogens is 427 g/mol. The van der Waals surface area contributed by atoms with Crippen LogP contribution in [0.2, 0.25) is 0 Å². The molecule has 4 N–H and O–H groups in total. The number of guanidine groups is 1. The van der Waals surface area contributed by atoms with Gasteiger partial charge in [-0.2, -0.15) is 0 Å². The van der Waals surface area contributed by atoms with Crippen molar-refractivity contribution in [2.24, 2.45) is 4.99 Å². The van der Waals surface area contributed by atoms with Crippen LogP contribution in [-0.2, 0) is 6.42 Å². The second-order valence-corrected chi connectivity index (χ2v) is 6.76. The number of hydrogen-bond donors (Lipinski definition) is 4. The summed E-state index contributed by atoms with van der Waals surface area (Å²) in [4.78, 5) is 7.91. The van der Waals surface area contributed by atoms with Crippen LogP contribution in [0.4, 0.5) is 0 Å². The summed E-state index contributed by atoms with van der Waals surface area (Å²) in [5.41, 5.74) is 3.24. The van der Waals surface area contributed by atoms with Crippen molar-refractivity contribution in [3.05, 3.63) is 35.5 Å². The van der Waals surface area contributed by atoms with Gasteiger partial charge in [0.25, 0.3) is 0 Å². The molecule has 138 valence electrons. The van der Waals surface area contributed by atoms with E-state index >= 15 is 0 Å². The van der Waals surface area contributed by atoms with Gasteiger partial charge >= 0.3 is 0 Å². The molecule has 0 aliphatic heterocycles. The molecule has 0 amide bonds. The quantitative estimate of drug-likeness (QED) is 0.307. The Morgan fingerprint density at radius 2 is 2.12 bits per heavy atom. The van der Waals surface area contributed by atoms with E-state index in [4.69, 9.17) is 0 Å². The van der Waals surface area contributed by atoms with Gasteiger partial charge in [0.05, 0.1) is 12.1 Å². The number of aliphatic hydroxyl groups is 1. The molecule has 0 saturated heterocycles. The first kappa shape index (κ1) is 20.0. The van der Waals surface area contributed by atoms with Crippen molar-refractivity contribution >= 4 is 40.8 Å². The zero-order valence-electron chi connectivity index (χ0n) is 15.1. The lowest BCUT2D eigenvalue weighted by atomic mass is 9.80. The summed E-state index contributed by atoms with van der Waals surface area (Å²) in [6, 6.07) is 6.40. The summed E-state index contributed by atoms with van der Waals surface area (Å²) >= 11 is 0. The lowest BCUT2D eigenvalue weighted by molar-refractivity contribution is -0.0236. The minimum absolute atomic E-state index is 0. The van der Waals surface area contributed by atoms with Gasteiger partial charge in [-0.25, -0.2) is 0 Å². The fraction of sp³-hybridized carbons (Fsp3) is 0.526. The molecule has 5 nitrogen and oxygen atoms in total. The predicted octanol–water partition coefficient (Wildman–Crippen LogP) is 3.11. The van der Waals surface area contributed by atoms with Gasteiger partial charge in [-0.15, -0.1) is 24.0 Å². The fourth-order valence-corrected chi connectivity index (χ4v) is 3.20. The van der Waals surface area contributed by atoms with E-state index in [1.807, 2.05) is 0 Å². The number of halogens is 1. The molecule has 3 rings (SSSR count). The second kappa shape index (κ2) is 8.89. The van der Waals surface area contributed by atoms with Crippen molar-refractivity contribution in [1.29, 1.82) is 0 Å². The number of aryl methyl sites for hydroxylation is 1. The Morgan fingerprint density at radius 1 is 1.32 bits per heavy atom. The topological polar surface area (TPSA) is 72.4 Å². The number of nitrogens with zero attached hydrogens (tertiary/aromatic N) is 1. The van der Waals surface area contributed by atoms with E-state index in [1.165, 1.54) is 22.0 Å². The van der Waals surface area contributed by atoms with Gasteiger partial charge in [-0.05, 0) is 50.7 Å². The molecule has 1 heterocycles. The van der Waals surface area contributed by atoms with Gasteiger partial charge in [0.15, 0.2) is 5.96 Å². The van der Waals surface area contributed by atoms with Crippen molar-refractivity contribution in [3.63, 3.8) is 0 Å². The van der Waals surface area contributed by atoms with E-state index in [0.29, 0.717) is 6.54 Å². The minimum Gasteiger partial charge on any atom is -0.388 e. The first-order valence-electron chi connectivity index (χ1n) is 8.91. The maximum Gasteiger partial charge on any atom is 0.191 e. The van der Waals surface area contributed by atoms with Gasteiger partial charge < -0.3 is 20.7 Å². The third kappa shape index (κ3) is 4.88. The van der Waals surface area contributed by atoms with Crippen LogP contribution in [0.5, 0.6) is 0 Å². The summed E-state index contributed by atoms with van der Waals surface area (Å²) < 4.78 is 0. The minimum atomic E-state index is -0.573. The molecule has 1 saturated carbocycles. The molecule has 0 unspecified atom stereocenters. The fourth-order valence-electron chi connectivity index (χ4n) is 3.20. The molecule has 0 spiro atoms. The molecule has 1 aromatic heterocycles. The Kier molecular flexibility index (Phi) is 7.13. The smallest absolute Gasteiger partial charge is 0.191 e. The van der Waals surface area contributed by atoms with Crippen LogP contribution in [0.3, 0.4) is 0 Å². The highest BCUT2D eigenvalue weighted by atomic mass is 127. The lowest BCUT2D eigenvalue weighted by Crippen LogP contribution is -2.43. The van der Waals surface area contributed by atoms with Crippen LogP contribution in [0, 0.1) is 6.92 Å². The molecule has 1 aromatic carbocycles. The van der Waals surface area contributed by atoms with Crippen molar-refractivity contribution in [3.8, 4) is 0 Å². The maximum absolute atomic E-state index is 10.2. The first-order chi connectivity index (χ1) is 11.6. The highest BCUT2D eigenvalue weighted by Gasteiger charge is 2.34. The van der Waals surface area contributed by atoms with Crippen molar-refractivity contribution in [2.75, 3.05) is 19.6 Å². The van der Waals surface area contributed by atoms with Gasteiger partial charge in [-0.1, -0.05) is 18.2 Å². The molecule has 0 bridgehead atoms. The normalized spacial score (nSPS) is 16.2. The van der Waals surface area contributed by atoms with Gasteiger partial charge in [0.1, 0.15) is 0 Å². The summed E-state index contributed by atoms with van der Waals surface area (Å²) in [6.45, 7) is 6.29. The number of fused-ring (bicyclic) bond motifs is 1. The number of para-hydroxylation sites is 1. The largest absolute Gasteiger partial charge is 0.388 e. The average molecular weight is 456 g/mol. The number of hydrogen-bond acceptors (Lipinski definition) is 2. The van der Waals surface area contributed by atoms with E-state index in [-0.39, 0.29) is 24.0 Å². The summed E-state index contributed by atoms with van der Waals surface area (Å²) in [5.74, 6) is 0.786. The zero-order chi connectivity index (χ0) is 17.0. The Labute approximate surface area is 166 Å². The van der Waals surface area contributed by atoms with E-state index in [2.05, 4.69) is 58.9 Å². The Hall–Kier alpha value is -1.28. The third-order valence-corrected chi connectivity index (χ3v) is 4.86. The Balaban J connectivity index is 0.00000225. The van der Waals surface area contributed by atoms with Crippen LogP contribution >= 0.6 is 24.0 Å². The average Bonchev–Trinajstić information content (AvgIpc) is 2.95. The number of aromatic amines is 1. The molecule has 1 fully saturated rings. The van der Waals surface area contributed by atoms with E-state index < -0.39 is 5.60 Å².